The molecule has 0 rings (SSSR count). The Hall–Kier alpha value is 0.190. The van der Waals surface area contributed by atoms with E-state index in [1.165, 1.54) is 70.6 Å². The molecule has 1 N–H and O–H groups in total. The summed E-state index contributed by atoms with van der Waals surface area (Å²) < 4.78 is 11.6. The van der Waals surface area contributed by atoms with Gasteiger partial charge in [-0.05, 0) is 19.5 Å². The molecule has 0 aromatic rings. The average Bonchev–Trinajstić information content (AvgIpc) is 2.39. The molecule has 0 saturated carbocycles. The summed E-state index contributed by atoms with van der Waals surface area (Å²) in [6, 6.07) is 0. The van der Waals surface area contributed by atoms with Crippen molar-refractivity contribution in [2.75, 3.05) is 12.3 Å². The maximum Gasteiger partial charge on any atom is 0.0787 e. The molecule has 0 aliphatic heterocycles. The van der Waals surface area contributed by atoms with Crippen molar-refractivity contribution in [3.8, 4) is 0 Å². The Balaban J connectivity index is 3.08. The van der Waals surface area contributed by atoms with Crippen LogP contribution in [0.1, 0.15) is 90.9 Å². The topological polar surface area (TPSA) is 37.3 Å². The average molecular weight is 304 g/mol. The lowest BCUT2D eigenvalue weighted by Crippen LogP contribution is -2.03. The molecule has 20 heavy (non-hydrogen) atoms. The van der Waals surface area contributed by atoms with Gasteiger partial charge in [0.1, 0.15) is 0 Å². The van der Waals surface area contributed by atoms with E-state index in [0.29, 0.717) is 6.16 Å². The van der Waals surface area contributed by atoms with Crippen LogP contribution in [0.5, 0.6) is 0 Å². The molecule has 0 aliphatic carbocycles. The van der Waals surface area contributed by atoms with Gasteiger partial charge < -0.3 is 9.67 Å². The van der Waals surface area contributed by atoms with Crippen molar-refractivity contribution < 1.29 is 9.67 Å². The number of hydrogen-bond acceptors (Lipinski definition) is 2. The first kappa shape index (κ1) is 20.2. The van der Waals surface area contributed by atoms with E-state index in [2.05, 4.69) is 6.92 Å². The first-order valence-electron chi connectivity index (χ1n) is 8.86. The minimum Gasteiger partial charge on any atom is -0.393 e. The highest BCUT2D eigenvalue weighted by molar-refractivity contribution is 7.44. The molecule has 0 heterocycles. The Bertz CT molecular complexity index is 217. The SMILES string of the molecule is CCCCCCCCCCCCCC[PH](=O)CC(C)O. The van der Waals surface area contributed by atoms with Crippen molar-refractivity contribution in [3.63, 3.8) is 0 Å². The van der Waals surface area contributed by atoms with Gasteiger partial charge in [-0.1, -0.05) is 77.6 Å². The van der Waals surface area contributed by atoms with E-state index in [1.807, 2.05) is 0 Å². The summed E-state index contributed by atoms with van der Waals surface area (Å²) in [5.74, 6) is 0. The largest absolute Gasteiger partial charge is 0.393 e. The highest BCUT2D eigenvalue weighted by Crippen LogP contribution is 2.24. The van der Waals surface area contributed by atoms with Gasteiger partial charge in [0.15, 0.2) is 0 Å². The molecular weight excluding hydrogens is 267 g/mol. The van der Waals surface area contributed by atoms with Crippen molar-refractivity contribution in [2.45, 2.75) is 97.0 Å². The van der Waals surface area contributed by atoms with E-state index >= 15 is 0 Å². The number of aliphatic hydroxyl groups is 1. The van der Waals surface area contributed by atoms with Crippen molar-refractivity contribution in [1.82, 2.24) is 0 Å². The number of aliphatic hydroxyl groups excluding tert-OH is 1. The van der Waals surface area contributed by atoms with Gasteiger partial charge in [-0.2, -0.15) is 0 Å². The lowest BCUT2D eigenvalue weighted by molar-refractivity contribution is 0.218. The molecule has 0 bridgehead atoms. The molecule has 0 fully saturated rings. The molecule has 2 atom stereocenters. The van der Waals surface area contributed by atoms with Crippen LogP contribution in [0.25, 0.3) is 0 Å². The number of rotatable bonds is 15. The van der Waals surface area contributed by atoms with Gasteiger partial charge in [-0.3, -0.25) is 0 Å². The van der Waals surface area contributed by atoms with Gasteiger partial charge in [-0.25, -0.2) is 0 Å². The van der Waals surface area contributed by atoms with Crippen molar-refractivity contribution in [3.05, 3.63) is 0 Å². The minimum absolute atomic E-state index is 0.390. The molecule has 3 heteroatoms. The van der Waals surface area contributed by atoms with Gasteiger partial charge in [0, 0.05) is 6.16 Å². The Morgan fingerprint density at radius 3 is 1.60 bits per heavy atom. The molecule has 0 radical (unpaired) electrons. The predicted octanol–water partition coefficient (Wildman–Crippen LogP) is 5.63. The van der Waals surface area contributed by atoms with E-state index in [9.17, 15) is 4.57 Å². The monoisotopic (exact) mass is 304 g/mol. The van der Waals surface area contributed by atoms with Crippen LogP contribution in [0.4, 0.5) is 0 Å². The third kappa shape index (κ3) is 16.2. The lowest BCUT2D eigenvalue weighted by atomic mass is 10.1. The second-order valence-electron chi connectivity index (χ2n) is 6.23. The fourth-order valence-corrected chi connectivity index (χ4v) is 4.10. The van der Waals surface area contributed by atoms with Crippen LogP contribution in [-0.4, -0.2) is 23.5 Å². The van der Waals surface area contributed by atoms with Crippen LogP contribution < -0.4 is 0 Å². The van der Waals surface area contributed by atoms with Crippen molar-refractivity contribution >= 4 is 7.80 Å². The first-order valence-corrected chi connectivity index (χ1v) is 10.7. The van der Waals surface area contributed by atoms with Crippen LogP contribution >= 0.6 is 7.80 Å². The molecule has 0 saturated heterocycles. The molecular formula is C17H37O2P. The maximum atomic E-state index is 11.6. The van der Waals surface area contributed by atoms with Crippen LogP contribution in [0, 0.1) is 0 Å². The number of unbranched alkanes of at least 4 members (excludes halogenated alkanes) is 11. The summed E-state index contributed by atoms with van der Waals surface area (Å²) in [5.41, 5.74) is 0. The predicted molar refractivity (Wildman–Crippen MR) is 91.5 cm³/mol. The van der Waals surface area contributed by atoms with Gasteiger partial charge in [0.05, 0.1) is 13.9 Å². The van der Waals surface area contributed by atoms with Crippen LogP contribution in [0.15, 0.2) is 0 Å². The summed E-state index contributed by atoms with van der Waals surface area (Å²) in [5, 5.41) is 9.14. The maximum absolute atomic E-state index is 11.6. The Labute approximate surface area is 127 Å². The molecule has 0 aliphatic rings. The molecule has 0 aromatic heterocycles. The van der Waals surface area contributed by atoms with E-state index in [-0.39, 0.29) is 0 Å². The third-order valence-electron chi connectivity index (χ3n) is 3.83. The van der Waals surface area contributed by atoms with Crippen molar-refractivity contribution in [2.24, 2.45) is 0 Å². The second kappa shape index (κ2) is 15.6. The van der Waals surface area contributed by atoms with Crippen LogP contribution in [-0.2, 0) is 4.57 Å². The van der Waals surface area contributed by atoms with Gasteiger partial charge in [0.2, 0.25) is 0 Å². The van der Waals surface area contributed by atoms with Crippen LogP contribution in [0.3, 0.4) is 0 Å². The first-order chi connectivity index (χ1) is 9.66. The van der Waals surface area contributed by atoms with E-state index in [1.54, 1.807) is 6.92 Å². The van der Waals surface area contributed by atoms with E-state index in [4.69, 9.17) is 5.11 Å². The summed E-state index contributed by atoms with van der Waals surface area (Å²) >= 11 is 0. The summed E-state index contributed by atoms with van der Waals surface area (Å²) in [6.07, 6.45) is 17.1. The zero-order valence-corrected chi connectivity index (χ0v) is 14.8. The third-order valence-corrected chi connectivity index (χ3v) is 5.79. The van der Waals surface area contributed by atoms with E-state index in [0.717, 1.165) is 12.6 Å². The fourth-order valence-electron chi connectivity index (χ4n) is 2.59. The summed E-state index contributed by atoms with van der Waals surface area (Å²) in [4.78, 5) is 0. The van der Waals surface area contributed by atoms with Gasteiger partial charge >= 0.3 is 0 Å². The second-order valence-corrected chi connectivity index (χ2v) is 8.22. The molecule has 0 aromatic carbocycles. The van der Waals surface area contributed by atoms with Gasteiger partial charge in [0.25, 0.3) is 0 Å². The standard InChI is InChI=1S/C17H37O2P/c1-3-4-5-6-7-8-9-10-11-12-13-14-15-20(19)16-17(2)18/h17-18,20H,3-16H2,1-2H3. The van der Waals surface area contributed by atoms with E-state index < -0.39 is 13.9 Å². The quantitative estimate of drug-likeness (QED) is 0.314. The number of hydrogen-bond donors (Lipinski definition) is 1. The zero-order valence-electron chi connectivity index (χ0n) is 13.8. The minimum atomic E-state index is -1.50. The van der Waals surface area contributed by atoms with Gasteiger partial charge in [-0.15, -0.1) is 0 Å². The lowest BCUT2D eigenvalue weighted by Gasteiger charge is -2.05. The fraction of sp³-hybridized carbons (Fsp3) is 1.00. The molecule has 2 nitrogen and oxygen atoms in total. The Kier molecular flexibility index (Phi) is 15.7. The summed E-state index contributed by atoms with van der Waals surface area (Å²) in [7, 11) is -1.50. The molecule has 0 spiro atoms. The summed E-state index contributed by atoms with van der Waals surface area (Å²) in [6.45, 7) is 3.99. The zero-order chi connectivity index (χ0) is 15.1. The molecule has 0 amide bonds. The van der Waals surface area contributed by atoms with Crippen molar-refractivity contribution in [1.29, 1.82) is 0 Å². The Morgan fingerprint density at radius 2 is 1.20 bits per heavy atom. The highest BCUT2D eigenvalue weighted by atomic mass is 31.1. The Morgan fingerprint density at radius 1 is 0.800 bits per heavy atom. The highest BCUT2D eigenvalue weighted by Gasteiger charge is 2.03. The normalized spacial score (nSPS) is 14.3. The van der Waals surface area contributed by atoms with Crippen LogP contribution in [0.2, 0.25) is 0 Å². The molecule has 122 valence electrons. The smallest absolute Gasteiger partial charge is 0.0787 e. The molecule has 2 unspecified atom stereocenters.